The third-order valence-corrected chi connectivity index (χ3v) is 4.79. The Morgan fingerprint density at radius 3 is 2.94 bits per heavy atom. The zero-order valence-electron chi connectivity index (χ0n) is 17.7. The number of nitrogens with two attached hydrogens (primary N) is 1. The van der Waals surface area contributed by atoms with Gasteiger partial charge < -0.3 is 30.7 Å². The number of anilines is 2. The van der Waals surface area contributed by atoms with Gasteiger partial charge in [-0.3, -0.25) is 4.90 Å². The van der Waals surface area contributed by atoms with Gasteiger partial charge in [-0.1, -0.05) is 16.8 Å². The molecule has 0 saturated carbocycles. The summed E-state index contributed by atoms with van der Waals surface area (Å²) in [5.74, 6) is 0.784. The van der Waals surface area contributed by atoms with Gasteiger partial charge in [-0.05, 0) is 19.1 Å². The predicted octanol–water partition coefficient (Wildman–Crippen LogP) is 2.33. The smallest absolute Gasteiger partial charge is 0.319 e. The van der Waals surface area contributed by atoms with Crippen LogP contribution in [0.4, 0.5) is 16.3 Å². The average Bonchev–Trinajstić information content (AvgIpc) is 2.78. The second-order valence-corrected chi connectivity index (χ2v) is 7.13. The third-order valence-electron chi connectivity index (χ3n) is 4.48. The normalized spacial score (nSPS) is 14.3. The average molecular weight is 464 g/mol. The number of carbonyl (C=O) groups excluding carboxylic acids is 1. The Morgan fingerprint density at radius 1 is 1.38 bits per heavy atom. The van der Waals surface area contributed by atoms with Gasteiger partial charge in [0.2, 0.25) is 5.88 Å². The number of carbonyl (C=O) groups is 1. The quantitative estimate of drug-likeness (QED) is 0.293. The molecule has 32 heavy (non-hydrogen) atoms. The molecule has 12 heteroatoms. The minimum Gasteiger partial charge on any atom is -0.438 e. The molecule has 2 aromatic rings. The van der Waals surface area contributed by atoms with Crippen LogP contribution in [0.2, 0.25) is 5.02 Å². The highest BCUT2D eigenvalue weighted by atomic mass is 35.5. The fourth-order valence-electron chi connectivity index (χ4n) is 2.83. The van der Waals surface area contributed by atoms with Gasteiger partial charge in [0.15, 0.2) is 0 Å². The van der Waals surface area contributed by atoms with Gasteiger partial charge in [-0.2, -0.15) is 0 Å². The van der Waals surface area contributed by atoms with Crippen molar-refractivity contribution in [2.45, 2.75) is 6.92 Å². The van der Waals surface area contributed by atoms with Crippen molar-refractivity contribution in [3.8, 4) is 11.6 Å². The van der Waals surface area contributed by atoms with E-state index in [1.54, 1.807) is 18.2 Å². The number of nitrogens with zero attached hydrogens (tertiary/aromatic N) is 4. The second kappa shape index (κ2) is 12.0. The van der Waals surface area contributed by atoms with E-state index < -0.39 is 0 Å². The highest BCUT2D eigenvalue weighted by Crippen LogP contribution is 2.30. The number of ether oxygens (including phenoxy) is 2. The predicted molar refractivity (Wildman–Crippen MR) is 121 cm³/mol. The van der Waals surface area contributed by atoms with E-state index in [1.165, 1.54) is 12.5 Å². The summed E-state index contributed by atoms with van der Waals surface area (Å²) in [6, 6.07) is 4.48. The van der Waals surface area contributed by atoms with E-state index in [1.807, 2.05) is 6.92 Å². The van der Waals surface area contributed by atoms with Crippen molar-refractivity contribution in [3.63, 3.8) is 0 Å². The molecule has 1 aliphatic heterocycles. The summed E-state index contributed by atoms with van der Waals surface area (Å²) in [6.07, 6.45) is 2.70. The summed E-state index contributed by atoms with van der Waals surface area (Å²) in [4.78, 5) is 27.4. The number of amides is 2. The van der Waals surface area contributed by atoms with Crippen LogP contribution in [0.15, 0.2) is 29.7 Å². The van der Waals surface area contributed by atoms with Gasteiger partial charge in [0.05, 0.1) is 30.1 Å². The van der Waals surface area contributed by atoms with Crippen LogP contribution in [0.5, 0.6) is 11.6 Å². The Morgan fingerprint density at radius 2 is 2.19 bits per heavy atom. The summed E-state index contributed by atoms with van der Waals surface area (Å²) >= 11 is 6.26. The van der Waals surface area contributed by atoms with E-state index in [2.05, 4.69) is 30.7 Å². The molecular weight excluding hydrogens is 438 g/mol. The molecule has 1 aromatic heterocycles. The number of nitrogens with one attached hydrogen (secondary N) is 2. The molecule has 0 unspecified atom stereocenters. The van der Waals surface area contributed by atoms with Gasteiger partial charge in [-0.15, -0.1) is 0 Å². The van der Waals surface area contributed by atoms with E-state index in [0.717, 1.165) is 32.8 Å². The number of nitrogen functional groups attached to an aromatic ring is 1. The molecule has 0 radical (unpaired) electrons. The standard InChI is InChI=1S/C20H26ClN7O4/c1-2-23-20(29)27-17-4-3-14(11-16(17)21)32-19-15(18(22)24-13-25-19)12-26-31-10-7-28-5-8-30-9-6-28/h3-4,11-13H,2,5-10H2,1H3,(H2,22,24,25)(H2,23,27,29)/b26-12+. The highest BCUT2D eigenvalue weighted by molar-refractivity contribution is 6.33. The molecule has 11 nitrogen and oxygen atoms in total. The van der Waals surface area contributed by atoms with Crippen molar-refractivity contribution in [3.05, 3.63) is 35.1 Å². The lowest BCUT2D eigenvalue weighted by Crippen LogP contribution is -2.38. The Labute approximate surface area is 190 Å². The van der Waals surface area contributed by atoms with Crippen LogP contribution in [0, 0.1) is 0 Å². The Balaban J connectivity index is 1.61. The molecule has 0 bridgehead atoms. The molecule has 0 aliphatic carbocycles. The Hall–Kier alpha value is -3.15. The number of aromatic nitrogens is 2. The Kier molecular flexibility index (Phi) is 8.84. The van der Waals surface area contributed by atoms with Gasteiger partial charge in [0.25, 0.3) is 0 Å². The van der Waals surface area contributed by atoms with Gasteiger partial charge in [0, 0.05) is 32.2 Å². The van der Waals surface area contributed by atoms with Crippen molar-refractivity contribution in [1.29, 1.82) is 0 Å². The summed E-state index contributed by atoms with van der Waals surface area (Å²) < 4.78 is 11.1. The van der Waals surface area contributed by atoms with Crippen molar-refractivity contribution in [2.75, 3.05) is 57.1 Å². The minimum atomic E-state index is -0.348. The highest BCUT2D eigenvalue weighted by Gasteiger charge is 2.13. The lowest BCUT2D eigenvalue weighted by molar-refractivity contribution is 0.0214. The first-order valence-electron chi connectivity index (χ1n) is 10.1. The molecule has 172 valence electrons. The SMILES string of the molecule is CCNC(=O)Nc1ccc(Oc2ncnc(N)c2/C=N/OCCN2CCOCC2)cc1Cl. The number of hydrogen-bond donors (Lipinski definition) is 3. The first-order chi connectivity index (χ1) is 15.6. The van der Waals surface area contributed by atoms with Gasteiger partial charge in [-0.25, -0.2) is 14.8 Å². The fourth-order valence-corrected chi connectivity index (χ4v) is 3.05. The van der Waals surface area contributed by atoms with E-state index in [-0.39, 0.29) is 17.7 Å². The van der Waals surface area contributed by atoms with Crippen molar-refractivity contribution >= 4 is 35.4 Å². The van der Waals surface area contributed by atoms with E-state index in [4.69, 9.17) is 31.6 Å². The maximum absolute atomic E-state index is 11.7. The topological polar surface area (TPSA) is 136 Å². The zero-order valence-corrected chi connectivity index (χ0v) is 18.5. The van der Waals surface area contributed by atoms with Gasteiger partial charge in [0.1, 0.15) is 30.1 Å². The van der Waals surface area contributed by atoms with Crippen LogP contribution in [0.3, 0.4) is 0 Å². The van der Waals surface area contributed by atoms with Gasteiger partial charge >= 0.3 is 6.03 Å². The number of benzene rings is 1. The fraction of sp³-hybridized carbons (Fsp3) is 0.400. The maximum Gasteiger partial charge on any atom is 0.319 e. The summed E-state index contributed by atoms with van der Waals surface area (Å²) in [5, 5.41) is 9.56. The molecule has 1 aromatic carbocycles. The summed E-state index contributed by atoms with van der Waals surface area (Å²) in [6.45, 7) is 6.72. The number of rotatable bonds is 9. The molecule has 1 fully saturated rings. The monoisotopic (exact) mass is 463 g/mol. The van der Waals surface area contributed by atoms with Crippen LogP contribution in [-0.4, -0.2) is 73.1 Å². The molecule has 0 spiro atoms. The van der Waals surface area contributed by atoms with Crippen LogP contribution in [0.1, 0.15) is 12.5 Å². The van der Waals surface area contributed by atoms with Crippen molar-refractivity contribution < 1.29 is 19.1 Å². The van der Waals surface area contributed by atoms with E-state index >= 15 is 0 Å². The second-order valence-electron chi connectivity index (χ2n) is 6.73. The van der Waals surface area contributed by atoms with E-state index in [0.29, 0.717) is 35.2 Å². The molecule has 3 rings (SSSR count). The largest absolute Gasteiger partial charge is 0.438 e. The van der Waals surface area contributed by atoms with Crippen molar-refractivity contribution in [1.82, 2.24) is 20.2 Å². The van der Waals surface area contributed by atoms with Crippen LogP contribution < -0.4 is 21.1 Å². The van der Waals surface area contributed by atoms with Crippen LogP contribution in [-0.2, 0) is 9.57 Å². The third kappa shape index (κ3) is 6.94. The number of oxime groups is 1. The molecular formula is C20H26ClN7O4. The van der Waals surface area contributed by atoms with Crippen LogP contribution >= 0.6 is 11.6 Å². The molecule has 2 amide bonds. The summed E-state index contributed by atoms with van der Waals surface area (Å²) in [5.41, 5.74) is 6.78. The van der Waals surface area contributed by atoms with Crippen LogP contribution in [0.25, 0.3) is 0 Å². The first kappa shape index (κ1) is 23.5. The Bertz CT molecular complexity index is 938. The number of urea groups is 1. The number of morpholine rings is 1. The molecule has 4 N–H and O–H groups in total. The number of hydrogen-bond acceptors (Lipinski definition) is 9. The zero-order chi connectivity index (χ0) is 22.8. The molecule has 0 atom stereocenters. The van der Waals surface area contributed by atoms with E-state index in [9.17, 15) is 4.79 Å². The lowest BCUT2D eigenvalue weighted by atomic mass is 10.3. The molecule has 1 aliphatic rings. The van der Waals surface area contributed by atoms with Crippen molar-refractivity contribution in [2.24, 2.45) is 5.16 Å². The first-order valence-corrected chi connectivity index (χ1v) is 10.5. The molecule has 1 saturated heterocycles. The number of halogens is 1. The maximum atomic E-state index is 11.7. The lowest BCUT2D eigenvalue weighted by Gasteiger charge is -2.25. The minimum absolute atomic E-state index is 0.191. The summed E-state index contributed by atoms with van der Waals surface area (Å²) in [7, 11) is 0. The molecule has 2 heterocycles.